The zero-order valence-corrected chi connectivity index (χ0v) is 11.9. The van der Waals surface area contributed by atoms with E-state index in [1.807, 2.05) is 11.9 Å². The van der Waals surface area contributed by atoms with E-state index in [1.54, 1.807) is 0 Å². The van der Waals surface area contributed by atoms with Crippen LogP contribution in [0.2, 0.25) is 0 Å². The Labute approximate surface area is 120 Å². The van der Waals surface area contributed by atoms with Crippen LogP contribution in [0.25, 0.3) is 0 Å². The van der Waals surface area contributed by atoms with E-state index in [1.165, 1.54) is 18.1 Å². The highest BCUT2D eigenvalue weighted by atomic mass is 19.4. The Morgan fingerprint density at radius 2 is 1.76 bits per heavy atom. The Bertz CT molecular complexity index is 563. The lowest BCUT2D eigenvalue weighted by Gasteiger charge is -2.39. The Morgan fingerprint density at radius 1 is 1.19 bits per heavy atom. The fourth-order valence-corrected chi connectivity index (χ4v) is 2.57. The smallest absolute Gasteiger partial charge is 0.409 e. The van der Waals surface area contributed by atoms with Gasteiger partial charge in [0.15, 0.2) is 11.8 Å². The van der Waals surface area contributed by atoms with Crippen molar-refractivity contribution in [3.8, 4) is 5.75 Å². The lowest BCUT2D eigenvalue weighted by atomic mass is 10.1. The third-order valence-corrected chi connectivity index (χ3v) is 3.78. The van der Waals surface area contributed by atoms with Crippen LogP contribution in [0.15, 0.2) is 17.1 Å². The zero-order valence-electron chi connectivity index (χ0n) is 11.9. The second kappa shape index (κ2) is 5.69. The van der Waals surface area contributed by atoms with Gasteiger partial charge in [0.05, 0.1) is 5.69 Å². The maximum Gasteiger partial charge on any atom is 0.409 e. The number of aromatic nitrogens is 1. The molecule has 0 aliphatic carbocycles. The van der Waals surface area contributed by atoms with E-state index >= 15 is 0 Å². The third kappa shape index (κ3) is 3.21. The summed E-state index contributed by atoms with van der Waals surface area (Å²) in [7, 11) is 3.24. The molecule has 1 aromatic heterocycles. The van der Waals surface area contributed by atoms with Crippen LogP contribution in [-0.4, -0.2) is 58.9 Å². The molecule has 118 valence electrons. The molecule has 1 atom stereocenters. The molecular formula is C13H18F3N3O2. The summed E-state index contributed by atoms with van der Waals surface area (Å²) in [5, 5.41) is 9.82. The molecule has 1 N–H and O–H groups in total. The topological polar surface area (TPSA) is 48.7 Å². The van der Waals surface area contributed by atoms with Crippen LogP contribution in [-0.2, 0) is 7.05 Å². The van der Waals surface area contributed by atoms with E-state index in [0.717, 1.165) is 10.6 Å². The summed E-state index contributed by atoms with van der Waals surface area (Å²) in [4.78, 5) is 14.7. The largest absolute Gasteiger partial charge is 0.503 e. The van der Waals surface area contributed by atoms with Crippen molar-refractivity contribution >= 4 is 0 Å². The number of rotatable bonds is 2. The van der Waals surface area contributed by atoms with Gasteiger partial charge < -0.3 is 14.6 Å². The van der Waals surface area contributed by atoms with Crippen LogP contribution in [0.5, 0.6) is 5.75 Å². The predicted molar refractivity (Wildman–Crippen MR) is 71.2 cm³/mol. The maximum absolute atomic E-state index is 13.5. The zero-order chi connectivity index (χ0) is 15.8. The Kier molecular flexibility index (Phi) is 4.29. The number of halogens is 3. The van der Waals surface area contributed by atoms with Gasteiger partial charge in [0.2, 0.25) is 5.43 Å². The Morgan fingerprint density at radius 3 is 2.29 bits per heavy atom. The van der Waals surface area contributed by atoms with Crippen molar-refractivity contribution in [3.63, 3.8) is 0 Å². The summed E-state index contributed by atoms with van der Waals surface area (Å²) in [5.41, 5.74) is -1.20. The van der Waals surface area contributed by atoms with Crippen LogP contribution in [0.1, 0.15) is 11.7 Å². The van der Waals surface area contributed by atoms with Crippen molar-refractivity contribution in [2.24, 2.45) is 7.05 Å². The lowest BCUT2D eigenvalue weighted by Crippen LogP contribution is -2.50. The van der Waals surface area contributed by atoms with Gasteiger partial charge in [0.1, 0.15) is 0 Å². The summed E-state index contributed by atoms with van der Waals surface area (Å²) in [6.07, 6.45) is -3.33. The van der Waals surface area contributed by atoms with Crippen LogP contribution < -0.4 is 5.43 Å². The summed E-state index contributed by atoms with van der Waals surface area (Å²) in [6, 6.07) is -0.930. The minimum absolute atomic E-state index is 0.225. The highest BCUT2D eigenvalue weighted by molar-refractivity contribution is 5.30. The van der Waals surface area contributed by atoms with Gasteiger partial charge >= 0.3 is 6.18 Å². The first kappa shape index (κ1) is 15.8. The van der Waals surface area contributed by atoms with E-state index in [4.69, 9.17) is 0 Å². The molecule has 1 aliphatic rings. The number of hydrogen-bond donors (Lipinski definition) is 1. The highest BCUT2D eigenvalue weighted by Gasteiger charge is 2.47. The SMILES string of the molecule is CN1CCN(C(c2c(O)c(=O)ccn2C)C(F)(F)F)CC1. The normalized spacial score (nSPS) is 19.7. The number of aryl methyl sites for hydroxylation is 1. The summed E-state index contributed by atoms with van der Waals surface area (Å²) in [6.45, 7) is 1.47. The Hall–Kier alpha value is -1.54. The summed E-state index contributed by atoms with van der Waals surface area (Å²) in [5.74, 6) is -0.832. The third-order valence-electron chi connectivity index (χ3n) is 3.78. The molecule has 1 aromatic rings. The number of likely N-dealkylation sites (N-methyl/N-ethyl adjacent to an activating group) is 1. The molecule has 1 fully saturated rings. The van der Waals surface area contributed by atoms with E-state index in [9.17, 15) is 23.1 Å². The van der Waals surface area contributed by atoms with Crippen molar-refractivity contribution in [2.75, 3.05) is 33.2 Å². The fraction of sp³-hybridized carbons (Fsp3) is 0.615. The number of nitrogens with zero attached hydrogens (tertiary/aromatic N) is 3. The average molecular weight is 305 g/mol. The Balaban J connectivity index is 2.47. The van der Waals surface area contributed by atoms with Gasteiger partial charge in [0, 0.05) is 45.5 Å². The van der Waals surface area contributed by atoms with Crippen molar-refractivity contribution in [1.29, 1.82) is 0 Å². The second-order valence-corrected chi connectivity index (χ2v) is 5.31. The average Bonchev–Trinajstić information content (AvgIpc) is 2.39. The molecule has 0 spiro atoms. The molecule has 0 bridgehead atoms. The van der Waals surface area contributed by atoms with Crippen LogP contribution >= 0.6 is 0 Å². The molecule has 1 unspecified atom stereocenters. The van der Waals surface area contributed by atoms with Gasteiger partial charge in [-0.15, -0.1) is 0 Å². The molecule has 5 nitrogen and oxygen atoms in total. The van der Waals surface area contributed by atoms with Crippen LogP contribution in [0, 0.1) is 0 Å². The minimum atomic E-state index is -4.57. The predicted octanol–water partition coefficient (Wildman–Crippen LogP) is 0.942. The number of aromatic hydroxyl groups is 1. The van der Waals surface area contributed by atoms with Crippen molar-refractivity contribution in [1.82, 2.24) is 14.4 Å². The van der Waals surface area contributed by atoms with E-state index < -0.39 is 29.1 Å². The summed E-state index contributed by atoms with van der Waals surface area (Å²) >= 11 is 0. The minimum Gasteiger partial charge on any atom is -0.503 e. The van der Waals surface area contributed by atoms with Crippen LogP contribution in [0.4, 0.5) is 13.2 Å². The second-order valence-electron chi connectivity index (χ2n) is 5.31. The quantitative estimate of drug-likeness (QED) is 0.883. The van der Waals surface area contributed by atoms with Gasteiger partial charge in [-0.05, 0) is 7.05 Å². The van der Waals surface area contributed by atoms with Crippen molar-refractivity contribution in [2.45, 2.75) is 12.2 Å². The fourth-order valence-electron chi connectivity index (χ4n) is 2.57. The molecule has 2 heterocycles. The van der Waals surface area contributed by atoms with E-state index in [-0.39, 0.29) is 13.1 Å². The molecule has 0 amide bonds. The maximum atomic E-state index is 13.5. The highest BCUT2D eigenvalue weighted by Crippen LogP contribution is 2.40. The molecule has 1 saturated heterocycles. The number of alkyl halides is 3. The van der Waals surface area contributed by atoms with Gasteiger partial charge in [-0.3, -0.25) is 9.69 Å². The molecule has 0 aromatic carbocycles. The summed E-state index contributed by atoms with van der Waals surface area (Å²) < 4.78 is 41.7. The molecule has 8 heteroatoms. The first-order valence-corrected chi connectivity index (χ1v) is 6.59. The molecule has 2 rings (SSSR count). The monoisotopic (exact) mass is 305 g/mol. The van der Waals surface area contributed by atoms with Gasteiger partial charge in [-0.25, -0.2) is 0 Å². The molecule has 0 radical (unpaired) electrons. The van der Waals surface area contributed by atoms with Gasteiger partial charge in [-0.1, -0.05) is 0 Å². The standard InChI is InChI=1S/C13H18F3N3O2/c1-17-5-7-19(8-6-17)12(13(14,15)16)10-11(21)9(20)3-4-18(10)2/h3-4,12,21H,5-8H2,1-2H3. The van der Waals surface area contributed by atoms with Crippen molar-refractivity contribution in [3.05, 3.63) is 28.2 Å². The molecule has 21 heavy (non-hydrogen) atoms. The van der Waals surface area contributed by atoms with Crippen LogP contribution in [0.3, 0.4) is 0 Å². The number of piperazine rings is 1. The molecular weight excluding hydrogens is 287 g/mol. The first-order chi connectivity index (χ1) is 9.71. The van der Waals surface area contributed by atoms with Gasteiger partial charge in [0.25, 0.3) is 0 Å². The lowest BCUT2D eigenvalue weighted by molar-refractivity contribution is -0.192. The number of pyridine rings is 1. The number of hydrogen-bond acceptors (Lipinski definition) is 4. The first-order valence-electron chi connectivity index (χ1n) is 6.59. The molecule has 1 aliphatic heterocycles. The van der Waals surface area contributed by atoms with Crippen molar-refractivity contribution < 1.29 is 18.3 Å². The molecule has 0 saturated carbocycles. The van der Waals surface area contributed by atoms with E-state index in [2.05, 4.69) is 0 Å². The van der Waals surface area contributed by atoms with Gasteiger partial charge in [-0.2, -0.15) is 13.2 Å². The van der Waals surface area contributed by atoms with E-state index in [0.29, 0.717) is 13.1 Å².